The third-order valence-corrected chi connectivity index (χ3v) is 5.31. The summed E-state index contributed by atoms with van der Waals surface area (Å²) >= 11 is 0. The number of likely N-dealkylation sites (N-methyl/N-ethyl adjacent to an activating group) is 2. The van der Waals surface area contributed by atoms with Gasteiger partial charge in [0, 0.05) is 49.3 Å². The lowest BCUT2D eigenvalue weighted by Crippen LogP contribution is -2.28. The summed E-state index contributed by atoms with van der Waals surface area (Å²) in [5, 5.41) is 4.05. The van der Waals surface area contributed by atoms with E-state index in [9.17, 15) is 4.79 Å². The zero-order valence-electron chi connectivity index (χ0n) is 18.5. The highest BCUT2D eigenvalue weighted by Gasteiger charge is 2.14. The Hall–Kier alpha value is -3.91. The molecule has 2 heterocycles. The Bertz CT molecular complexity index is 1230. The van der Waals surface area contributed by atoms with Crippen LogP contribution in [-0.2, 0) is 0 Å². The summed E-state index contributed by atoms with van der Waals surface area (Å²) in [7, 11) is 6.22. The number of primary amides is 1. The number of anilines is 3. The number of nitrogens with zero attached hydrogens (tertiary/aromatic N) is 5. The number of rotatable bonds is 8. The summed E-state index contributed by atoms with van der Waals surface area (Å²) in [6.45, 7) is 1.94. The van der Waals surface area contributed by atoms with Gasteiger partial charge in [-0.1, -0.05) is 18.2 Å². The van der Waals surface area contributed by atoms with Gasteiger partial charge in [0.05, 0.1) is 11.1 Å². The molecule has 0 spiro atoms. The first kappa shape index (κ1) is 21.3. The maximum Gasteiger partial charge on any atom is 0.250 e. The van der Waals surface area contributed by atoms with Crippen LogP contribution in [0.3, 0.4) is 0 Å². The summed E-state index contributed by atoms with van der Waals surface area (Å²) < 4.78 is 1.85. The number of amides is 1. The van der Waals surface area contributed by atoms with Crippen molar-refractivity contribution in [3.05, 3.63) is 72.6 Å². The fourth-order valence-electron chi connectivity index (χ4n) is 3.52. The summed E-state index contributed by atoms with van der Waals surface area (Å²) in [6, 6.07) is 17.6. The first-order chi connectivity index (χ1) is 15.4. The molecule has 0 bridgehead atoms. The van der Waals surface area contributed by atoms with E-state index in [1.165, 1.54) is 0 Å². The van der Waals surface area contributed by atoms with Crippen LogP contribution in [0.5, 0.6) is 0 Å². The van der Waals surface area contributed by atoms with Crippen molar-refractivity contribution in [3.8, 4) is 5.82 Å². The molecule has 0 fully saturated rings. The number of hydrogen-bond acceptors (Lipinski definition) is 6. The van der Waals surface area contributed by atoms with Gasteiger partial charge in [-0.25, -0.2) is 4.98 Å². The van der Waals surface area contributed by atoms with Gasteiger partial charge in [-0.3, -0.25) is 4.79 Å². The minimum atomic E-state index is -0.469. The number of para-hydroxylation sites is 1. The predicted octanol–water partition coefficient (Wildman–Crippen LogP) is 3.26. The van der Waals surface area contributed by atoms with E-state index >= 15 is 0 Å². The van der Waals surface area contributed by atoms with Crippen molar-refractivity contribution in [2.45, 2.75) is 0 Å². The molecular formula is C24H27N7O. The lowest BCUT2D eigenvalue weighted by atomic mass is 10.2. The van der Waals surface area contributed by atoms with Crippen molar-refractivity contribution < 1.29 is 4.79 Å². The van der Waals surface area contributed by atoms with E-state index < -0.39 is 5.91 Å². The summed E-state index contributed by atoms with van der Waals surface area (Å²) in [5.41, 5.74) is 8.92. The van der Waals surface area contributed by atoms with E-state index in [2.05, 4.69) is 58.4 Å². The molecule has 8 heteroatoms. The third-order valence-electron chi connectivity index (χ3n) is 5.31. The predicted molar refractivity (Wildman–Crippen MR) is 129 cm³/mol. The van der Waals surface area contributed by atoms with Gasteiger partial charge in [-0.05, 0) is 50.5 Å². The van der Waals surface area contributed by atoms with E-state index in [0.29, 0.717) is 17.3 Å². The largest absolute Gasteiger partial charge is 0.373 e. The number of hydrogen-bond donors (Lipinski definition) is 2. The first-order valence-electron chi connectivity index (χ1n) is 10.4. The molecule has 0 saturated heterocycles. The zero-order valence-corrected chi connectivity index (χ0v) is 18.5. The monoisotopic (exact) mass is 429 g/mol. The quantitative estimate of drug-likeness (QED) is 0.447. The normalized spacial score (nSPS) is 11.1. The minimum absolute atomic E-state index is 0.461. The Kier molecular flexibility index (Phi) is 6.04. The number of fused-ring (bicyclic) bond motifs is 1. The highest BCUT2D eigenvalue weighted by Crippen LogP contribution is 2.25. The number of carbonyl (C=O) groups excluding carboxylic acids is 1. The standard InChI is InChI=1S/C24H27N7O/c1-29(2)14-15-30(3)18-10-8-17(9-11-18)27-24-26-13-12-22(28-24)31-16-20(23(25)32)19-6-4-5-7-21(19)31/h4-13,16H,14-15H2,1-3H3,(H2,25,32)(H,26,27,28). The van der Waals surface area contributed by atoms with E-state index in [1.54, 1.807) is 18.5 Å². The Morgan fingerprint density at radius 1 is 1.03 bits per heavy atom. The third kappa shape index (κ3) is 4.55. The Morgan fingerprint density at radius 3 is 2.50 bits per heavy atom. The fraction of sp³-hybridized carbons (Fsp3) is 0.208. The first-order valence-corrected chi connectivity index (χ1v) is 10.4. The summed E-state index contributed by atoms with van der Waals surface area (Å²) in [5.74, 6) is 0.642. The second-order valence-electron chi connectivity index (χ2n) is 7.93. The maximum absolute atomic E-state index is 11.9. The van der Waals surface area contributed by atoms with Gasteiger partial charge in [0.1, 0.15) is 5.82 Å². The molecule has 32 heavy (non-hydrogen) atoms. The van der Waals surface area contributed by atoms with Gasteiger partial charge in [0.15, 0.2) is 0 Å². The molecule has 0 radical (unpaired) electrons. The van der Waals surface area contributed by atoms with Crippen molar-refractivity contribution >= 4 is 34.1 Å². The van der Waals surface area contributed by atoms with Crippen molar-refractivity contribution in [1.29, 1.82) is 0 Å². The molecule has 1 amide bonds. The Balaban J connectivity index is 1.56. The molecule has 0 unspecified atom stereocenters. The van der Waals surface area contributed by atoms with Gasteiger partial charge in [0.2, 0.25) is 5.95 Å². The highest BCUT2D eigenvalue weighted by molar-refractivity contribution is 6.06. The van der Waals surface area contributed by atoms with Crippen LogP contribution >= 0.6 is 0 Å². The SMILES string of the molecule is CN(C)CCN(C)c1ccc(Nc2nccc(-n3cc(C(N)=O)c4ccccc43)n2)cc1. The Labute approximate surface area is 187 Å². The molecule has 4 aromatic rings. The van der Waals surface area contributed by atoms with Crippen LogP contribution in [0.15, 0.2) is 67.0 Å². The van der Waals surface area contributed by atoms with Gasteiger partial charge < -0.3 is 25.4 Å². The van der Waals surface area contributed by atoms with Crippen LogP contribution in [0.4, 0.5) is 17.3 Å². The minimum Gasteiger partial charge on any atom is -0.373 e. The van der Waals surface area contributed by atoms with Crippen molar-refractivity contribution in [3.63, 3.8) is 0 Å². The molecule has 0 saturated carbocycles. The van der Waals surface area contributed by atoms with Crippen LogP contribution in [0.25, 0.3) is 16.7 Å². The van der Waals surface area contributed by atoms with Crippen LogP contribution in [0.2, 0.25) is 0 Å². The van der Waals surface area contributed by atoms with Crippen LogP contribution < -0.4 is 16.0 Å². The van der Waals surface area contributed by atoms with Gasteiger partial charge in [-0.2, -0.15) is 4.98 Å². The van der Waals surface area contributed by atoms with Crippen molar-refractivity contribution in [2.24, 2.45) is 5.73 Å². The molecule has 0 aliphatic rings. The second-order valence-corrected chi connectivity index (χ2v) is 7.93. The van der Waals surface area contributed by atoms with E-state index in [1.807, 2.05) is 41.0 Å². The van der Waals surface area contributed by atoms with E-state index in [0.717, 1.165) is 35.4 Å². The fourth-order valence-corrected chi connectivity index (χ4v) is 3.52. The number of nitrogens with one attached hydrogen (secondary N) is 1. The van der Waals surface area contributed by atoms with Crippen LogP contribution in [-0.4, -0.2) is 59.6 Å². The highest BCUT2D eigenvalue weighted by atomic mass is 16.1. The van der Waals surface area contributed by atoms with Crippen LogP contribution in [0.1, 0.15) is 10.4 Å². The summed E-state index contributed by atoms with van der Waals surface area (Å²) in [6.07, 6.45) is 3.41. The van der Waals surface area contributed by atoms with Gasteiger partial charge in [0.25, 0.3) is 5.91 Å². The zero-order chi connectivity index (χ0) is 22.7. The topological polar surface area (TPSA) is 92.3 Å². The molecule has 0 aliphatic carbocycles. The molecule has 0 atom stereocenters. The molecule has 2 aromatic heterocycles. The number of carbonyl (C=O) groups is 1. The van der Waals surface area contributed by atoms with E-state index in [4.69, 9.17) is 5.73 Å². The molecule has 0 aliphatic heterocycles. The molecule has 8 nitrogen and oxygen atoms in total. The average molecular weight is 430 g/mol. The lowest BCUT2D eigenvalue weighted by molar-refractivity contribution is 0.100. The second kappa shape index (κ2) is 9.07. The summed E-state index contributed by atoms with van der Waals surface area (Å²) in [4.78, 5) is 25.2. The Morgan fingerprint density at radius 2 is 1.78 bits per heavy atom. The van der Waals surface area contributed by atoms with Crippen molar-refractivity contribution in [2.75, 3.05) is 44.4 Å². The number of benzene rings is 2. The molecule has 2 aromatic carbocycles. The van der Waals surface area contributed by atoms with Gasteiger partial charge >= 0.3 is 0 Å². The molecule has 164 valence electrons. The maximum atomic E-state index is 11.9. The van der Waals surface area contributed by atoms with Crippen molar-refractivity contribution in [1.82, 2.24) is 19.4 Å². The van der Waals surface area contributed by atoms with Crippen LogP contribution in [0, 0.1) is 0 Å². The van der Waals surface area contributed by atoms with E-state index in [-0.39, 0.29) is 0 Å². The van der Waals surface area contributed by atoms with Gasteiger partial charge in [-0.15, -0.1) is 0 Å². The number of aromatic nitrogens is 3. The lowest BCUT2D eigenvalue weighted by Gasteiger charge is -2.21. The molecular weight excluding hydrogens is 402 g/mol. The average Bonchev–Trinajstić information content (AvgIpc) is 3.18. The molecule has 4 rings (SSSR count). The number of nitrogens with two attached hydrogens (primary N) is 1. The smallest absolute Gasteiger partial charge is 0.250 e. The molecule has 3 N–H and O–H groups in total.